The second kappa shape index (κ2) is 9.46. The highest BCUT2D eigenvalue weighted by Crippen LogP contribution is 2.38. The Morgan fingerprint density at radius 1 is 1.14 bits per heavy atom. The summed E-state index contributed by atoms with van der Waals surface area (Å²) in [7, 11) is 0. The number of nitrogens with one attached hydrogen (secondary N) is 2. The number of rotatable bonds is 5. The molecule has 0 atom stereocenters. The number of anilines is 2. The van der Waals surface area contributed by atoms with Crippen LogP contribution < -0.4 is 16.4 Å². The number of carbonyl (C=O) groups is 2. The minimum absolute atomic E-state index is 0.0314. The van der Waals surface area contributed by atoms with Crippen LogP contribution >= 0.6 is 0 Å². The highest BCUT2D eigenvalue weighted by atomic mass is 16.2. The van der Waals surface area contributed by atoms with Gasteiger partial charge in [-0.3, -0.25) is 9.59 Å². The van der Waals surface area contributed by atoms with Crippen molar-refractivity contribution in [3.63, 3.8) is 0 Å². The summed E-state index contributed by atoms with van der Waals surface area (Å²) < 4.78 is 1.86. The maximum Gasteiger partial charge on any atom is 0.296 e. The van der Waals surface area contributed by atoms with Gasteiger partial charge in [0.05, 0.1) is 11.4 Å². The minimum Gasteiger partial charge on any atom is -0.383 e. The second-order valence-corrected chi connectivity index (χ2v) is 8.62. The van der Waals surface area contributed by atoms with Gasteiger partial charge in [0.25, 0.3) is 11.8 Å². The molecule has 0 unspecified atom stereocenters. The Kier molecular flexibility index (Phi) is 6.04. The summed E-state index contributed by atoms with van der Waals surface area (Å²) in [6.07, 6.45) is 4.47. The molecule has 1 fully saturated rings. The van der Waals surface area contributed by atoms with Crippen LogP contribution in [0.15, 0.2) is 48.9 Å². The molecule has 10 heteroatoms. The molecule has 3 aromatic heterocycles. The molecule has 0 radical (unpaired) electrons. The van der Waals surface area contributed by atoms with Crippen molar-refractivity contribution in [3.05, 3.63) is 60.0 Å². The van der Waals surface area contributed by atoms with Gasteiger partial charge >= 0.3 is 0 Å². The van der Waals surface area contributed by atoms with E-state index in [4.69, 9.17) is 10.8 Å². The van der Waals surface area contributed by atoms with Crippen LogP contribution in [0.5, 0.6) is 0 Å². The average Bonchev–Trinajstić information content (AvgIpc) is 3.22. The van der Waals surface area contributed by atoms with Gasteiger partial charge in [0.15, 0.2) is 5.65 Å². The summed E-state index contributed by atoms with van der Waals surface area (Å²) in [5, 5.41) is 11.2. The molecule has 0 bridgehead atoms. The fourth-order valence-corrected chi connectivity index (χ4v) is 4.37. The zero-order chi connectivity index (χ0) is 25.2. The van der Waals surface area contributed by atoms with Crippen molar-refractivity contribution in [1.82, 2.24) is 30.0 Å². The molecule has 36 heavy (non-hydrogen) atoms. The monoisotopic (exact) mass is 480 g/mol. The predicted molar refractivity (Wildman–Crippen MR) is 136 cm³/mol. The molecule has 10 nitrogen and oxygen atoms in total. The van der Waals surface area contributed by atoms with E-state index >= 15 is 0 Å². The molecule has 4 N–H and O–H groups in total. The number of carbonyl (C=O) groups excluding carboxylic acids is 2. The Morgan fingerprint density at radius 2 is 1.97 bits per heavy atom. The lowest BCUT2D eigenvalue weighted by Gasteiger charge is -2.35. The summed E-state index contributed by atoms with van der Waals surface area (Å²) in [6, 6.07) is 10.8. The third-order valence-electron chi connectivity index (χ3n) is 6.20. The minimum atomic E-state index is -0.277. The molecule has 0 spiro atoms. The number of aromatic nitrogens is 5. The highest BCUT2D eigenvalue weighted by molar-refractivity contribution is 6.05. The zero-order valence-corrected chi connectivity index (χ0v) is 19.8. The third-order valence-corrected chi connectivity index (χ3v) is 6.20. The summed E-state index contributed by atoms with van der Waals surface area (Å²) in [6.45, 7) is 3.55. The Morgan fingerprint density at radius 3 is 2.69 bits per heavy atom. The van der Waals surface area contributed by atoms with E-state index in [0.717, 1.165) is 11.1 Å². The van der Waals surface area contributed by atoms with Crippen LogP contribution in [0.2, 0.25) is 0 Å². The summed E-state index contributed by atoms with van der Waals surface area (Å²) >= 11 is 0. The molecule has 5 rings (SSSR count). The van der Waals surface area contributed by atoms with Gasteiger partial charge in [-0.1, -0.05) is 18.1 Å². The number of nitrogens with zero attached hydrogens (tertiary/aromatic N) is 5. The molecule has 2 amide bonds. The number of hydrogen-bond acceptors (Lipinski definition) is 7. The topological polar surface area (TPSA) is 141 Å². The number of nitrogen functional groups attached to an aromatic ring is 1. The number of hydrogen-bond donors (Lipinski definition) is 3. The van der Waals surface area contributed by atoms with Gasteiger partial charge in [0.1, 0.15) is 23.7 Å². The van der Waals surface area contributed by atoms with E-state index in [1.807, 2.05) is 29.8 Å². The molecule has 4 aromatic rings. The first-order chi connectivity index (χ1) is 17.4. The van der Waals surface area contributed by atoms with Crippen molar-refractivity contribution < 1.29 is 9.59 Å². The third kappa shape index (κ3) is 4.34. The van der Waals surface area contributed by atoms with E-state index < -0.39 is 0 Å². The summed E-state index contributed by atoms with van der Waals surface area (Å²) in [4.78, 5) is 37.3. The number of fused-ring (bicyclic) bond motifs is 1. The van der Waals surface area contributed by atoms with Crippen LogP contribution in [0.3, 0.4) is 0 Å². The fraction of sp³-hybridized carbons (Fsp3) is 0.231. The van der Waals surface area contributed by atoms with E-state index in [9.17, 15) is 9.59 Å². The van der Waals surface area contributed by atoms with Crippen molar-refractivity contribution in [2.45, 2.75) is 38.8 Å². The number of amides is 2. The Labute approximate surface area is 207 Å². The molecule has 1 aliphatic carbocycles. The largest absolute Gasteiger partial charge is 0.383 e. The number of nitrogens with two attached hydrogens (primary N) is 1. The van der Waals surface area contributed by atoms with E-state index in [1.54, 1.807) is 31.3 Å². The first-order valence-electron chi connectivity index (χ1n) is 11.5. The standard InChI is InChI=1S/C26H24N8O2/c1-3-6-21(35)31-17-12-18(13-17)34-25-22(24(27)29-14-30-25)23(33-34)19-9-8-16(11-15(19)2)26(36)32-20-7-4-5-10-28-20/h4-5,7-11,14,17-18H,12-13H2,1-2H3,(H,31,35)(H2,27,29,30)(H,28,32,36)/t17-,18+. The SMILES string of the molecule is CC#CC(=O)N[C@H]1C[C@@H](n2nc(-c3ccc(C(=O)Nc4ccccn4)cc3C)c3c(N)ncnc32)C1. The van der Waals surface area contributed by atoms with E-state index in [1.165, 1.54) is 6.33 Å². The van der Waals surface area contributed by atoms with Crippen LogP contribution in [0.25, 0.3) is 22.3 Å². The molecule has 1 saturated carbocycles. The van der Waals surface area contributed by atoms with Crippen LogP contribution in [0, 0.1) is 18.8 Å². The molecular weight excluding hydrogens is 456 g/mol. The lowest BCUT2D eigenvalue weighted by Crippen LogP contribution is -2.44. The molecule has 1 aliphatic rings. The normalized spacial score (nSPS) is 16.5. The lowest BCUT2D eigenvalue weighted by molar-refractivity contribution is -0.117. The summed E-state index contributed by atoms with van der Waals surface area (Å²) in [5.41, 5.74) is 9.74. The first-order valence-corrected chi connectivity index (χ1v) is 11.5. The Bertz CT molecular complexity index is 1530. The highest BCUT2D eigenvalue weighted by Gasteiger charge is 2.34. The van der Waals surface area contributed by atoms with Gasteiger partial charge in [-0.15, -0.1) is 0 Å². The van der Waals surface area contributed by atoms with Crippen molar-refractivity contribution in [3.8, 4) is 23.1 Å². The quantitative estimate of drug-likeness (QED) is 0.373. The number of benzene rings is 1. The van der Waals surface area contributed by atoms with Gasteiger partial charge in [-0.25, -0.2) is 19.6 Å². The Balaban J connectivity index is 1.43. The van der Waals surface area contributed by atoms with Gasteiger partial charge in [-0.2, -0.15) is 5.10 Å². The Hall–Kier alpha value is -4.78. The average molecular weight is 481 g/mol. The van der Waals surface area contributed by atoms with Crippen molar-refractivity contribution in [1.29, 1.82) is 0 Å². The van der Waals surface area contributed by atoms with Crippen molar-refractivity contribution >= 4 is 34.5 Å². The van der Waals surface area contributed by atoms with Crippen molar-refractivity contribution in [2.75, 3.05) is 11.1 Å². The van der Waals surface area contributed by atoms with Gasteiger partial charge in [0, 0.05) is 23.4 Å². The van der Waals surface area contributed by atoms with Crippen LogP contribution in [-0.2, 0) is 4.79 Å². The zero-order valence-electron chi connectivity index (χ0n) is 19.8. The van der Waals surface area contributed by atoms with E-state index in [0.29, 0.717) is 46.8 Å². The van der Waals surface area contributed by atoms with E-state index in [-0.39, 0.29) is 23.9 Å². The summed E-state index contributed by atoms with van der Waals surface area (Å²) in [5.74, 6) is 5.39. The first kappa shape index (κ1) is 23.0. The number of aryl methyl sites for hydroxylation is 1. The molecule has 1 aromatic carbocycles. The maximum atomic E-state index is 12.7. The fourth-order valence-electron chi connectivity index (χ4n) is 4.37. The van der Waals surface area contributed by atoms with Gasteiger partial charge in [0.2, 0.25) is 0 Å². The smallest absolute Gasteiger partial charge is 0.296 e. The number of pyridine rings is 1. The van der Waals surface area contributed by atoms with Crippen LogP contribution in [-0.4, -0.2) is 42.6 Å². The second-order valence-electron chi connectivity index (χ2n) is 8.62. The molecular formula is C26H24N8O2. The maximum absolute atomic E-state index is 12.7. The molecule has 3 heterocycles. The van der Waals surface area contributed by atoms with Crippen LogP contribution in [0.4, 0.5) is 11.6 Å². The molecule has 180 valence electrons. The van der Waals surface area contributed by atoms with Gasteiger partial charge in [-0.05, 0) is 62.4 Å². The van der Waals surface area contributed by atoms with Gasteiger partial charge < -0.3 is 16.4 Å². The lowest BCUT2D eigenvalue weighted by atomic mass is 9.87. The van der Waals surface area contributed by atoms with E-state index in [2.05, 4.69) is 37.4 Å². The molecule has 0 aliphatic heterocycles. The van der Waals surface area contributed by atoms with Crippen LogP contribution in [0.1, 0.15) is 41.7 Å². The predicted octanol–water partition coefficient (Wildman–Crippen LogP) is 2.87. The molecule has 0 saturated heterocycles. The van der Waals surface area contributed by atoms with Crippen molar-refractivity contribution in [2.24, 2.45) is 0 Å².